The molecule has 3 rings (SSSR count). The van der Waals surface area contributed by atoms with Crippen LogP contribution in [0.4, 0.5) is 0 Å². The summed E-state index contributed by atoms with van der Waals surface area (Å²) in [7, 11) is 0. The zero-order valence-corrected chi connectivity index (χ0v) is 13.5. The van der Waals surface area contributed by atoms with Crippen LogP contribution in [0.5, 0.6) is 0 Å². The molecule has 0 bridgehead atoms. The lowest BCUT2D eigenvalue weighted by molar-refractivity contribution is 0.0933. The molecule has 0 aliphatic carbocycles. The SMILES string of the molecule is Cc1nc(C(=O)NC[C@H](c2cccnc2)N2CCCC2)cs1. The van der Waals surface area contributed by atoms with Crippen LogP contribution >= 0.6 is 11.3 Å². The Hall–Kier alpha value is -1.79. The number of hydrogen-bond donors (Lipinski definition) is 1. The molecule has 2 aromatic heterocycles. The highest BCUT2D eigenvalue weighted by atomic mass is 32.1. The average Bonchev–Trinajstić information content (AvgIpc) is 3.20. The number of pyridine rings is 1. The van der Waals surface area contributed by atoms with Gasteiger partial charge in [0.05, 0.1) is 11.0 Å². The number of carbonyl (C=O) groups is 1. The van der Waals surface area contributed by atoms with Crippen LogP contribution in [0.15, 0.2) is 29.9 Å². The quantitative estimate of drug-likeness (QED) is 0.920. The number of nitrogens with zero attached hydrogens (tertiary/aromatic N) is 3. The molecule has 116 valence electrons. The molecule has 6 heteroatoms. The number of carbonyl (C=O) groups excluding carboxylic acids is 1. The van der Waals surface area contributed by atoms with E-state index in [1.165, 1.54) is 24.2 Å². The van der Waals surface area contributed by atoms with E-state index in [1.807, 2.05) is 19.2 Å². The molecule has 1 aliphatic heterocycles. The minimum absolute atomic E-state index is 0.0996. The number of likely N-dealkylation sites (tertiary alicyclic amines) is 1. The predicted molar refractivity (Wildman–Crippen MR) is 87.0 cm³/mol. The lowest BCUT2D eigenvalue weighted by Gasteiger charge is -2.27. The van der Waals surface area contributed by atoms with Gasteiger partial charge in [-0.25, -0.2) is 4.98 Å². The number of rotatable bonds is 5. The third-order valence-corrected chi connectivity index (χ3v) is 4.73. The molecular formula is C16H20N4OS. The van der Waals surface area contributed by atoms with Crippen LogP contribution in [0.1, 0.15) is 39.9 Å². The topological polar surface area (TPSA) is 58.1 Å². The highest BCUT2D eigenvalue weighted by Gasteiger charge is 2.24. The van der Waals surface area contributed by atoms with Gasteiger partial charge in [-0.2, -0.15) is 0 Å². The number of aromatic nitrogens is 2. The van der Waals surface area contributed by atoms with Gasteiger partial charge in [0.2, 0.25) is 0 Å². The minimum Gasteiger partial charge on any atom is -0.349 e. The van der Waals surface area contributed by atoms with Gasteiger partial charge < -0.3 is 5.32 Å². The monoisotopic (exact) mass is 316 g/mol. The second kappa shape index (κ2) is 6.98. The van der Waals surface area contributed by atoms with E-state index in [4.69, 9.17) is 0 Å². The molecule has 0 saturated carbocycles. The summed E-state index contributed by atoms with van der Waals surface area (Å²) >= 11 is 1.50. The second-order valence-corrected chi connectivity index (χ2v) is 6.57. The number of amides is 1. The van der Waals surface area contributed by atoms with E-state index < -0.39 is 0 Å². The maximum absolute atomic E-state index is 12.2. The Bertz CT molecular complexity index is 622. The van der Waals surface area contributed by atoms with Gasteiger partial charge in [0, 0.05) is 24.3 Å². The van der Waals surface area contributed by atoms with Gasteiger partial charge in [-0.05, 0) is 44.5 Å². The first-order chi connectivity index (χ1) is 10.7. The highest BCUT2D eigenvalue weighted by molar-refractivity contribution is 7.09. The van der Waals surface area contributed by atoms with Crippen molar-refractivity contribution >= 4 is 17.2 Å². The molecule has 1 fully saturated rings. The summed E-state index contributed by atoms with van der Waals surface area (Å²) in [5.74, 6) is -0.0996. The number of aryl methyl sites for hydroxylation is 1. The molecule has 1 atom stereocenters. The maximum atomic E-state index is 12.2. The minimum atomic E-state index is -0.0996. The van der Waals surface area contributed by atoms with Crippen LogP contribution in [-0.4, -0.2) is 40.4 Å². The van der Waals surface area contributed by atoms with Crippen LogP contribution in [0.2, 0.25) is 0 Å². The third-order valence-electron chi connectivity index (χ3n) is 3.96. The first kappa shape index (κ1) is 15.1. The Labute approximate surface area is 134 Å². The van der Waals surface area contributed by atoms with Crippen LogP contribution in [0.3, 0.4) is 0 Å². The van der Waals surface area contributed by atoms with Gasteiger partial charge in [-0.15, -0.1) is 11.3 Å². The molecule has 1 saturated heterocycles. The molecule has 3 heterocycles. The van der Waals surface area contributed by atoms with E-state index in [0.29, 0.717) is 12.2 Å². The van der Waals surface area contributed by atoms with E-state index in [-0.39, 0.29) is 11.9 Å². The molecule has 0 spiro atoms. The summed E-state index contributed by atoms with van der Waals surface area (Å²) in [6, 6.07) is 4.21. The van der Waals surface area contributed by atoms with E-state index in [9.17, 15) is 4.79 Å². The van der Waals surface area contributed by atoms with Crippen molar-refractivity contribution in [3.8, 4) is 0 Å². The maximum Gasteiger partial charge on any atom is 0.270 e. The first-order valence-electron chi connectivity index (χ1n) is 7.58. The molecule has 5 nitrogen and oxygen atoms in total. The lowest BCUT2D eigenvalue weighted by atomic mass is 10.1. The average molecular weight is 316 g/mol. The fourth-order valence-electron chi connectivity index (χ4n) is 2.83. The predicted octanol–water partition coefficient (Wildman–Crippen LogP) is 2.41. The van der Waals surface area contributed by atoms with Gasteiger partial charge in [0.15, 0.2) is 0 Å². The van der Waals surface area contributed by atoms with E-state index >= 15 is 0 Å². The molecule has 1 amide bonds. The number of nitrogens with one attached hydrogen (secondary N) is 1. The third kappa shape index (κ3) is 3.51. The molecule has 0 unspecified atom stereocenters. The molecule has 0 aromatic carbocycles. The summed E-state index contributed by atoms with van der Waals surface area (Å²) in [5, 5.41) is 5.74. The lowest BCUT2D eigenvalue weighted by Crippen LogP contribution is -2.37. The van der Waals surface area contributed by atoms with Gasteiger partial charge in [-0.3, -0.25) is 14.7 Å². The Morgan fingerprint density at radius 2 is 2.27 bits per heavy atom. The van der Waals surface area contributed by atoms with Crippen molar-refractivity contribution in [1.82, 2.24) is 20.2 Å². The number of hydrogen-bond acceptors (Lipinski definition) is 5. The van der Waals surface area contributed by atoms with Crippen molar-refractivity contribution in [1.29, 1.82) is 0 Å². The van der Waals surface area contributed by atoms with Gasteiger partial charge >= 0.3 is 0 Å². The zero-order valence-electron chi connectivity index (χ0n) is 12.7. The van der Waals surface area contributed by atoms with E-state index in [0.717, 1.165) is 23.7 Å². The first-order valence-corrected chi connectivity index (χ1v) is 8.46. The number of thiazole rings is 1. The van der Waals surface area contributed by atoms with Crippen molar-refractivity contribution in [2.45, 2.75) is 25.8 Å². The standard InChI is InChI=1S/C16H20N4OS/c1-12-19-14(11-22-12)16(21)18-10-15(20-7-2-3-8-20)13-5-4-6-17-9-13/h4-6,9,11,15H,2-3,7-8,10H2,1H3,(H,18,21)/t15-/m1/s1. The van der Waals surface area contributed by atoms with Crippen LogP contribution in [0.25, 0.3) is 0 Å². The van der Waals surface area contributed by atoms with E-state index in [1.54, 1.807) is 11.6 Å². The molecule has 2 aromatic rings. The van der Waals surface area contributed by atoms with Gasteiger partial charge in [0.1, 0.15) is 5.69 Å². The highest BCUT2D eigenvalue weighted by Crippen LogP contribution is 2.24. The molecule has 1 aliphatic rings. The van der Waals surface area contributed by atoms with Gasteiger partial charge in [0.25, 0.3) is 5.91 Å². The largest absolute Gasteiger partial charge is 0.349 e. The molecular weight excluding hydrogens is 296 g/mol. The summed E-state index contributed by atoms with van der Waals surface area (Å²) < 4.78 is 0. The summed E-state index contributed by atoms with van der Waals surface area (Å²) in [5.41, 5.74) is 1.66. The van der Waals surface area contributed by atoms with Crippen molar-refractivity contribution in [2.24, 2.45) is 0 Å². The fraction of sp³-hybridized carbons (Fsp3) is 0.438. The van der Waals surface area contributed by atoms with Gasteiger partial charge in [-0.1, -0.05) is 6.07 Å². The Balaban J connectivity index is 1.69. The molecule has 22 heavy (non-hydrogen) atoms. The van der Waals surface area contributed by atoms with Crippen molar-refractivity contribution in [2.75, 3.05) is 19.6 Å². The summed E-state index contributed by atoms with van der Waals surface area (Å²) in [4.78, 5) is 23.1. The smallest absolute Gasteiger partial charge is 0.270 e. The second-order valence-electron chi connectivity index (χ2n) is 5.51. The molecule has 0 radical (unpaired) electrons. The zero-order chi connectivity index (χ0) is 15.4. The van der Waals surface area contributed by atoms with Crippen LogP contribution < -0.4 is 5.32 Å². The van der Waals surface area contributed by atoms with E-state index in [2.05, 4.69) is 26.3 Å². The summed E-state index contributed by atoms with van der Waals surface area (Å²) in [6.07, 6.45) is 6.11. The Morgan fingerprint density at radius 3 is 2.91 bits per heavy atom. The van der Waals surface area contributed by atoms with Crippen molar-refractivity contribution < 1.29 is 4.79 Å². The Kier molecular flexibility index (Phi) is 4.80. The normalized spacial score (nSPS) is 16.6. The fourth-order valence-corrected chi connectivity index (χ4v) is 3.42. The summed E-state index contributed by atoms with van der Waals surface area (Å²) in [6.45, 7) is 4.64. The Morgan fingerprint density at radius 1 is 1.45 bits per heavy atom. The van der Waals surface area contributed by atoms with Crippen molar-refractivity contribution in [3.63, 3.8) is 0 Å². The van der Waals surface area contributed by atoms with Crippen LogP contribution in [0, 0.1) is 6.92 Å². The molecule has 1 N–H and O–H groups in total. The van der Waals surface area contributed by atoms with Crippen LogP contribution in [-0.2, 0) is 0 Å². The van der Waals surface area contributed by atoms with Crippen molar-refractivity contribution in [3.05, 3.63) is 46.2 Å².